The summed E-state index contributed by atoms with van der Waals surface area (Å²) in [5, 5.41) is 3.27. The molecule has 1 heterocycles. The molecule has 0 saturated carbocycles. The van der Waals surface area contributed by atoms with Crippen molar-refractivity contribution >= 4 is 5.97 Å². The number of esters is 1. The molecule has 2 rings (SSSR count). The Morgan fingerprint density at radius 1 is 1.39 bits per heavy atom. The molecule has 0 bridgehead atoms. The van der Waals surface area contributed by atoms with Gasteiger partial charge < -0.3 is 10.1 Å². The number of methoxy groups -OCH3 is 1. The summed E-state index contributed by atoms with van der Waals surface area (Å²) in [5.41, 5.74) is 2.26. The van der Waals surface area contributed by atoms with Crippen molar-refractivity contribution < 1.29 is 9.53 Å². The lowest BCUT2D eigenvalue weighted by molar-refractivity contribution is -0.139. The van der Waals surface area contributed by atoms with Crippen LogP contribution in [0.2, 0.25) is 0 Å². The first-order chi connectivity index (χ1) is 8.70. The summed E-state index contributed by atoms with van der Waals surface area (Å²) in [6.45, 7) is 2.98. The molecule has 1 aliphatic heterocycles. The smallest absolute Gasteiger partial charge is 0.309 e. The average molecular weight is 248 g/mol. The highest BCUT2D eigenvalue weighted by Crippen LogP contribution is 2.14. The van der Waals surface area contributed by atoms with Crippen molar-refractivity contribution in [2.75, 3.05) is 27.2 Å². The molecular formula is C14H20N2O2. The fraction of sp³-hybridized carbons (Fsp3) is 0.500. The lowest BCUT2D eigenvalue weighted by atomic mass is 10.0. The van der Waals surface area contributed by atoms with Crippen LogP contribution in [0, 0.1) is 0 Å². The molecule has 1 aromatic rings. The second-order valence-electron chi connectivity index (χ2n) is 4.75. The maximum Gasteiger partial charge on any atom is 0.309 e. The van der Waals surface area contributed by atoms with E-state index in [4.69, 9.17) is 4.74 Å². The van der Waals surface area contributed by atoms with Crippen LogP contribution in [0.25, 0.3) is 0 Å². The van der Waals surface area contributed by atoms with Crippen molar-refractivity contribution in [2.24, 2.45) is 0 Å². The van der Waals surface area contributed by atoms with E-state index in [1.165, 1.54) is 12.7 Å². The van der Waals surface area contributed by atoms with E-state index in [0.717, 1.165) is 25.2 Å². The van der Waals surface area contributed by atoms with Crippen LogP contribution in [0.3, 0.4) is 0 Å². The summed E-state index contributed by atoms with van der Waals surface area (Å²) in [4.78, 5) is 13.7. The summed E-state index contributed by atoms with van der Waals surface area (Å²) in [7, 11) is 3.55. The minimum absolute atomic E-state index is 0.185. The molecule has 0 spiro atoms. The van der Waals surface area contributed by atoms with Crippen molar-refractivity contribution in [3.63, 3.8) is 0 Å². The monoisotopic (exact) mass is 248 g/mol. The molecule has 4 nitrogen and oxygen atoms in total. The molecule has 18 heavy (non-hydrogen) atoms. The number of benzene rings is 1. The van der Waals surface area contributed by atoms with Gasteiger partial charge in [-0.3, -0.25) is 9.69 Å². The molecule has 0 radical (unpaired) electrons. The Morgan fingerprint density at radius 3 is 2.61 bits per heavy atom. The first-order valence-corrected chi connectivity index (χ1v) is 6.25. The van der Waals surface area contributed by atoms with Crippen LogP contribution >= 0.6 is 0 Å². The van der Waals surface area contributed by atoms with Gasteiger partial charge in [-0.1, -0.05) is 24.3 Å². The van der Waals surface area contributed by atoms with Gasteiger partial charge >= 0.3 is 5.97 Å². The molecule has 4 heteroatoms. The van der Waals surface area contributed by atoms with Crippen molar-refractivity contribution in [2.45, 2.75) is 19.0 Å². The van der Waals surface area contributed by atoms with Crippen molar-refractivity contribution in [3.05, 3.63) is 35.4 Å². The Bertz CT molecular complexity index is 416. The molecule has 1 aliphatic rings. The highest BCUT2D eigenvalue weighted by molar-refractivity contribution is 5.72. The van der Waals surface area contributed by atoms with Crippen LogP contribution in [0.1, 0.15) is 11.1 Å². The van der Waals surface area contributed by atoms with Gasteiger partial charge in [0, 0.05) is 25.7 Å². The van der Waals surface area contributed by atoms with Gasteiger partial charge in [0.05, 0.1) is 13.5 Å². The normalized spacial score (nSPS) is 15.5. The molecule has 0 aliphatic carbocycles. The standard InChI is InChI=1S/C14H20N2O2/c1-16(13-8-15-9-13)10-12-6-4-3-5-11(12)7-14(17)18-2/h3-6,13,15H,7-10H2,1-2H3. The first-order valence-electron chi connectivity index (χ1n) is 6.25. The third-order valence-corrected chi connectivity index (χ3v) is 3.48. The Balaban J connectivity index is 2.04. The lowest BCUT2D eigenvalue weighted by Gasteiger charge is -2.36. The zero-order chi connectivity index (χ0) is 13.0. The van der Waals surface area contributed by atoms with E-state index < -0.39 is 0 Å². The highest BCUT2D eigenvalue weighted by Gasteiger charge is 2.22. The third-order valence-electron chi connectivity index (χ3n) is 3.48. The quantitative estimate of drug-likeness (QED) is 0.783. The van der Waals surface area contributed by atoms with Crippen LogP contribution in [0.15, 0.2) is 24.3 Å². The van der Waals surface area contributed by atoms with Crippen LogP contribution in [0.5, 0.6) is 0 Å². The van der Waals surface area contributed by atoms with Gasteiger partial charge in [-0.15, -0.1) is 0 Å². The number of ether oxygens (including phenoxy) is 1. The fourth-order valence-electron chi connectivity index (χ4n) is 2.09. The molecule has 1 aromatic carbocycles. The summed E-state index contributed by atoms with van der Waals surface area (Å²) in [6, 6.07) is 8.67. The van der Waals surface area contributed by atoms with Gasteiger partial charge in [-0.05, 0) is 18.2 Å². The lowest BCUT2D eigenvalue weighted by Crippen LogP contribution is -2.55. The first kappa shape index (κ1) is 13.1. The Morgan fingerprint density at radius 2 is 2.06 bits per heavy atom. The van der Waals surface area contributed by atoms with Crippen molar-refractivity contribution in [1.29, 1.82) is 0 Å². The van der Waals surface area contributed by atoms with E-state index >= 15 is 0 Å². The Labute approximate surface area is 108 Å². The molecule has 1 N–H and O–H groups in total. The number of rotatable bonds is 5. The van der Waals surface area contributed by atoms with Crippen LogP contribution in [-0.4, -0.2) is 44.2 Å². The Hall–Kier alpha value is -1.39. The predicted molar refractivity (Wildman–Crippen MR) is 70.3 cm³/mol. The molecule has 1 fully saturated rings. The molecule has 0 amide bonds. The number of nitrogens with zero attached hydrogens (tertiary/aromatic N) is 1. The molecule has 98 valence electrons. The predicted octanol–water partition coefficient (Wildman–Crippen LogP) is 0.806. The van der Waals surface area contributed by atoms with Gasteiger partial charge in [-0.2, -0.15) is 0 Å². The van der Waals surface area contributed by atoms with Gasteiger partial charge in [0.1, 0.15) is 0 Å². The molecule has 0 aromatic heterocycles. The second-order valence-corrected chi connectivity index (χ2v) is 4.75. The van der Waals surface area contributed by atoms with Crippen molar-refractivity contribution in [3.8, 4) is 0 Å². The minimum Gasteiger partial charge on any atom is -0.469 e. The van der Waals surface area contributed by atoms with E-state index in [-0.39, 0.29) is 5.97 Å². The maximum absolute atomic E-state index is 11.4. The number of hydrogen-bond acceptors (Lipinski definition) is 4. The highest BCUT2D eigenvalue weighted by atomic mass is 16.5. The second kappa shape index (κ2) is 5.98. The number of carbonyl (C=O) groups is 1. The summed E-state index contributed by atoms with van der Waals surface area (Å²) in [6.07, 6.45) is 0.351. The van der Waals surface area contributed by atoms with E-state index in [1.54, 1.807) is 0 Å². The zero-order valence-electron chi connectivity index (χ0n) is 11.0. The summed E-state index contributed by atoms with van der Waals surface area (Å²) < 4.78 is 4.73. The summed E-state index contributed by atoms with van der Waals surface area (Å²) in [5.74, 6) is -0.185. The van der Waals surface area contributed by atoms with E-state index in [0.29, 0.717) is 12.5 Å². The molecule has 0 unspecified atom stereocenters. The largest absolute Gasteiger partial charge is 0.469 e. The Kier molecular flexibility index (Phi) is 4.33. The molecule has 0 atom stereocenters. The fourth-order valence-corrected chi connectivity index (χ4v) is 2.09. The van der Waals surface area contributed by atoms with E-state index in [1.807, 2.05) is 18.2 Å². The van der Waals surface area contributed by atoms with Crippen molar-refractivity contribution in [1.82, 2.24) is 10.2 Å². The maximum atomic E-state index is 11.4. The van der Waals surface area contributed by atoms with Crippen LogP contribution in [-0.2, 0) is 22.5 Å². The third kappa shape index (κ3) is 3.09. The summed E-state index contributed by atoms with van der Waals surface area (Å²) >= 11 is 0. The van der Waals surface area contributed by atoms with Gasteiger partial charge in [0.15, 0.2) is 0 Å². The number of nitrogens with one attached hydrogen (secondary N) is 1. The number of carbonyl (C=O) groups excluding carboxylic acids is 1. The van der Waals surface area contributed by atoms with Gasteiger partial charge in [0.2, 0.25) is 0 Å². The van der Waals surface area contributed by atoms with Crippen LogP contribution < -0.4 is 5.32 Å². The molecular weight excluding hydrogens is 228 g/mol. The number of hydrogen-bond donors (Lipinski definition) is 1. The van der Waals surface area contributed by atoms with Gasteiger partial charge in [0.25, 0.3) is 0 Å². The number of likely N-dealkylation sites (N-methyl/N-ethyl adjacent to an activating group) is 1. The zero-order valence-corrected chi connectivity index (χ0v) is 11.0. The SMILES string of the molecule is COC(=O)Cc1ccccc1CN(C)C1CNC1. The van der Waals surface area contributed by atoms with E-state index in [9.17, 15) is 4.79 Å². The van der Waals surface area contributed by atoms with Gasteiger partial charge in [-0.25, -0.2) is 0 Å². The minimum atomic E-state index is -0.185. The van der Waals surface area contributed by atoms with E-state index in [2.05, 4.69) is 23.3 Å². The topological polar surface area (TPSA) is 41.6 Å². The van der Waals surface area contributed by atoms with Crippen LogP contribution in [0.4, 0.5) is 0 Å². The average Bonchev–Trinajstić information content (AvgIpc) is 2.29. The molecule has 1 saturated heterocycles.